The van der Waals surface area contributed by atoms with Gasteiger partial charge >= 0.3 is 0 Å². The van der Waals surface area contributed by atoms with Crippen molar-refractivity contribution < 1.29 is 9.84 Å². The minimum absolute atomic E-state index is 0.0699. The summed E-state index contributed by atoms with van der Waals surface area (Å²) >= 11 is 0. The minimum atomic E-state index is 0.0699. The van der Waals surface area contributed by atoms with E-state index in [1.165, 1.54) is 48.8 Å². The van der Waals surface area contributed by atoms with E-state index >= 15 is 0 Å². The van der Waals surface area contributed by atoms with Gasteiger partial charge in [0.1, 0.15) is 0 Å². The SMILES string of the molecule is Cn1cc(CN2CCOCC2CO)c(-c2ccc(C3CCCCC3)cc2)n1. The molecule has 4 rings (SSSR count). The number of ether oxygens (including phenoxy) is 1. The van der Waals surface area contributed by atoms with Crippen LogP contribution < -0.4 is 0 Å². The van der Waals surface area contributed by atoms with E-state index in [1.807, 2.05) is 11.7 Å². The van der Waals surface area contributed by atoms with Crippen LogP contribution in [-0.2, 0) is 18.3 Å². The van der Waals surface area contributed by atoms with Gasteiger partial charge in [-0.2, -0.15) is 5.10 Å². The molecule has 0 spiro atoms. The Bertz CT molecular complexity index is 735. The fourth-order valence-corrected chi connectivity index (χ4v) is 4.53. The number of aliphatic hydroxyl groups excluding tert-OH is 1. The number of aromatic nitrogens is 2. The van der Waals surface area contributed by atoms with Crippen molar-refractivity contribution in [1.82, 2.24) is 14.7 Å². The lowest BCUT2D eigenvalue weighted by Crippen LogP contribution is -2.46. The third-order valence-electron chi connectivity index (χ3n) is 6.10. The highest BCUT2D eigenvalue weighted by atomic mass is 16.5. The Hall–Kier alpha value is -1.69. The fourth-order valence-electron chi connectivity index (χ4n) is 4.53. The molecule has 2 aliphatic rings. The zero-order valence-corrected chi connectivity index (χ0v) is 16.3. The lowest BCUT2D eigenvalue weighted by Gasteiger charge is -2.34. The first kappa shape index (κ1) is 18.7. The standard InChI is InChI=1S/C22H31N3O2/c1-24-13-20(14-25-11-12-27-16-21(25)15-26)22(23-24)19-9-7-18(8-10-19)17-5-3-2-4-6-17/h7-10,13,17,21,26H,2-6,11-12,14-16H2,1H3. The second kappa shape index (κ2) is 8.55. The summed E-state index contributed by atoms with van der Waals surface area (Å²) in [5, 5.41) is 14.4. The van der Waals surface area contributed by atoms with Crippen molar-refractivity contribution in [3.63, 3.8) is 0 Å². The van der Waals surface area contributed by atoms with Gasteiger partial charge in [0.05, 0.1) is 31.6 Å². The van der Waals surface area contributed by atoms with Crippen LogP contribution in [0, 0.1) is 0 Å². The molecule has 1 atom stereocenters. The molecule has 5 heteroatoms. The zero-order valence-electron chi connectivity index (χ0n) is 16.3. The molecule has 146 valence electrons. The molecule has 1 aliphatic carbocycles. The molecule has 1 N–H and O–H groups in total. The van der Waals surface area contributed by atoms with Crippen molar-refractivity contribution in [3.8, 4) is 11.3 Å². The van der Waals surface area contributed by atoms with Crippen LogP contribution in [0.2, 0.25) is 0 Å². The summed E-state index contributed by atoms with van der Waals surface area (Å²) in [6, 6.07) is 9.14. The topological polar surface area (TPSA) is 50.5 Å². The molecular formula is C22H31N3O2. The predicted molar refractivity (Wildman–Crippen MR) is 107 cm³/mol. The monoisotopic (exact) mass is 369 g/mol. The molecule has 0 amide bonds. The minimum Gasteiger partial charge on any atom is -0.395 e. The highest BCUT2D eigenvalue weighted by molar-refractivity contribution is 5.63. The quantitative estimate of drug-likeness (QED) is 0.878. The number of hydrogen-bond acceptors (Lipinski definition) is 4. The number of rotatable bonds is 5. The molecule has 2 fully saturated rings. The normalized spacial score (nSPS) is 22.2. The number of benzene rings is 1. The van der Waals surface area contributed by atoms with E-state index < -0.39 is 0 Å². The summed E-state index contributed by atoms with van der Waals surface area (Å²) in [5.41, 5.74) is 4.92. The van der Waals surface area contributed by atoms with Crippen LogP contribution in [0.25, 0.3) is 11.3 Å². The van der Waals surface area contributed by atoms with E-state index in [2.05, 4.69) is 35.4 Å². The number of morpholine rings is 1. The Balaban J connectivity index is 1.53. The summed E-state index contributed by atoms with van der Waals surface area (Å²) in [5.74, 6) is 0.731. The van der Waals surface area contributed by atoms with Gasteiger partial charge in [-0.05, 0) is 24.3 Å². The molecule has 1 aromatic carbocycles. The summed E-state index contributed by atoms with van der Waals surface area (Å²) in [6.45, 7) is 3.10. The smallest absolute Gasteiger partial charge is 0.0968 e. The van der Waals surface area contributed by atoms with E-state index in [0.29, 0.717) is 6.61 Å². The third kappa shape index (κ3) is 4.26. The number of aliphatic hydroxyl groups is 1. The molecule has 5 nitrogen and oxygen atoms in total. The van der Waals surface area contributed by atoms with E-state index in [-0.39, 0.29) is 12.6 Å². The number of aryl methyl sites for hydroxylation is 1. The molecule has 1 aromatic heterocycles. The molecule has 2 aromatic rings. The van der Waals surface area contributed by atoms with Gasteiger partial charge in [-0.15, -0.1) is 0 Å². The van der Waals surface area contributed by atoms with Gasteiger partial charge in [-0.3, -0.25) is 9.58 Å². The summed E-state index contributed by atoms with van der Waals surface area (Å²) in [6.07, 6.45) is 8.88. The van der Waals surface area contributed by atoms with Crippen molar-refractivity contribution in [2.45, 2.75) is 50.6 Å². The van der Waals surface area contributed by atoms with Gasteiger partial charge in [-0.25, -0.2) is 0 Å². The van der Waals surface area contributed by atoms with Gasteiger partial charge in [0.2, 0.25) is 0 Å². The Labute approximate surface area is 161 Å². The van der Waals surface area contributed by atoms with Crippen LogP contribution in [0.15, 0.2) is 30.5 Å². The molecular weight excluding hydrogens is 338 g/mol. The van der Waals surface area contributed by atoms with Crippen LogP contribution in [0.5, 0.6) is 0 Å². The van der Waals surface area contributed by atoms with Crippen LogP contribution >= 0.6 is 0 Å². The molecule has 0 radical (unpaired) electrons. The first-order valence-electron chi connectivity index (χ1n) is 10.3. The second-order valence-electron chi connectivity index (χ2n) is 8.02. The highest BCUT2D eigenvalue weighted by Crippen LogP contribution is 2.34. The summed E-state index contributed by atoms with van der Waals surface area (Å²) in [7, 11) is 1.98. The maximum Gasteiger partial charge on any atom is 0.0968 e. The average Bonchev–Trinajstić information content (AvgIpc) is 3.09. The van der Waals surface area contributed by atoms with Gasteiger partial charge < -0.3 is 9.84 Å². The van der Waals surface area contributed by atoms with E-state index in [1.54, 1.807) is 0 Å². The molecule has 0 bridgehead atoms. The van der Waals surface area contributed by atoms with Crippen LogP contribution in [0.3, 0.4) is 0 Å². The Kier molecular flexibility index (Phi) is 5.91. The van der Waals surface area contributed by atoms with Crippen molar-refractivity contribution >= 4 is 0 Å². The largest absolute Gasteiger partial charge is 0.395 e. The molecule has 27 heavy (non-hydrogen) atoms. The van der Waals surface area contributed by atoms with Gasteiger partial charge in [0, 0.05) is 37.5 Å². The molecule has 1 unspecified atom stereocenters. The zero-order chi connectivity index (χ0) is 18.6. The summed E-state index contributed by atoms with van der Waals surface area (Å²) < 4.78 is 7.41. The lowest BCUT2D eigenvalue weighted by atomic mass is 9.84. The van der Waals surface area contributed by atoms with Crippen molar-refractivity contribution in [2.75, 3.05) is 26.4 Å². The van der Waals surface area contributed by atoms with E-state index in [4.69, 9.17) is 9.84 Å². The Morgan fingerprint density at radius 2 is 1.93 bits per heavy atom. The number of hydrogen-bond donors (Lipinski definition) is 1. The third-order valence-corrected chi connectivity index (χ3v) is 6.10. The Morgan fingerprint density at radius 3 is 2.67 bits per heavy atom. The maximum atomic E-state index is 9.64. The van der Waals surface area contributed by atoms with Crippen LogP contribution in [-0.4, -0.2) is 52.2 Å². The first-order valence-corrected chi connectivity index (χ1v) is 10.3. The maximum absolute atomic E-state index is 9.64. The van der Waals surface area contributed by atoms with Crippen molar-refractivity contribution in [1.29, 1.82) is 0 Å². The number of nitrogens with zero attached hydrogens (tertiary/aromatic N) is 3. The highest BCUT2D eigenvalue weighted by Gasteiger charge is 2.24. The molecule has 1 saturated heterocycles. The second-order valence-corrected chi connectivity index (χ2v) is 8.02. The van der Waals surface area contributed by atoms with Gasteiger partial charge in [-0.1, -0.05) is 43.5 Å². The fraction of sp³-hybridized carbons (Fsp3) is 0.591. The van der Waals surface area contributed by atoms with Gasteiger partial charge in [0.25, 0.3) is 0 Å². The predicted octanol–water partition coefficient (Wildman–Crippen LogP) is 3.33. The molecule has 2 heterocycles. The molecule has 1 saturated carbocycles. The summed E-state index contributed by atoms with van der Waals surface area (Å²) in [4.78, 5) is 2.31. The van der Waals surface area contributed by atoms with Crippen molar-refractivity contribution in [3.05, 3.63) is 41.6 Å². The Morgan fingerprint density at radius 1 is 1.15 bits per heavy atom. The first-order chi connectivity index (χ1) is 13.2. The van der Waals surface area contributed by atoms with Crippen LogP contribution in [0.1, 0.15) is 49.1 Å². The lowest BCUT2D eigenvalue weighted by molar-refractivity contribution is -0.0312. The van der Waals surface area contributed by atoms with Gasteiger partial charge in [0.15, 0.2) is 0 Å². The van der Waals surface area contributed by atoms with Crippen molar-refractivity contribution in [2.24, 2.45) is 7.05 Å². The van der Waals surface area contributed by atoms with E-state index in [0.717, 1.165) is 31.3 Å². The van der Waals surface area contributed by atoms with Crippen LogP contribution in [0.4, 0.5) is 0 Å². The average molecular weight is 370 g/mol. The molecule has 1 aliphatic heterocycles. The van der Waals surface area contributed by atoms with E-state index in [9.17, 15) is 5.11 Å².